The van der Waals surface area contributed by atoms with E-state index in [2.05, 4.69) is 5.32 Å². The number of rotatable bonds is 11. The highest BCUT2D eigenvalue weighted by atomic mass is 35.5. The molecule has 0 saturated carbocycles. The number of nitrogens with one attached hydrogen (secondary N) is 1. The lowest BCUT2D eigenvalue weighted by molar-refractivity contribution is -0.140. The molecule has 1 N–H and O–H groups in total. The van der Waals surface area contributed by atoms with Crippen LogP contribution in [0.5, 0.6) is 0 Å². The summed E-state index contributed by atoms with van der Waals surface area (Å²) in [4.78, 5) is 27.9. The fourth-order valence-corrected chi connectivity index (χ4v) is 4.62. The van der Waals surface area contributed by atoms with Gasteiger partial charge in [0.05, 0.1) is 22.0 Å². The zero-order valence-electron chi connectivity index (χ0n) is 19.8. The summed E-state index contributed by atoms with van der Waals surface area (Å²) in [5.74, 6) is -0.797. The average Bonchev–Trinajstić information content (AvgIpc) is 2.78. The lowest BCUT2D eigenvalue weighted by atomic mass is 10.1. The van der Waals surface area contributed by atoms with Gasteiger partial charge in [-0.1, -0.05) is 60.8 Å². The molecule has 7 nitrogen and oxygen atoms in total. The number of aryl methyl sites for hydroxylation is 1. The largest absolute Gasteiger partial charge is 0.354 e. The number of sulfonamides is 1. The summed E-state index contributed by atoms with van der Waals surface area (Å²) in [7, 11) is -3.76. The standard InChI is InChI=1S/C24H31Cl2N3O4S/c1-5-13-27-24(31)22(6-2)28(15-18-9-12-20(25)21(26)14-18)23(30)16-29(34(4,32)33)19-10-7-17(3)8-11-19/h7-12,14,22H,5-6,13,15-16H2,1-4H3,(H,27,31). The van der Waals surface area contributed by atoms with Crippen molar-refractivity contribution in [1.29, 1.82) is 0 Å². The van der Waals surface area contributed by atoms with E-state index < -0.39 is 28.5 Å². The number of anilines is 1. The zero-order valence-corrected chi connectivity index (χ0v) is 22.2. The minimum Gasteiger partial charge on any atom is -0.354 e. The van der Waals surface area contributed by atoms with Crippen molar-refractivity contribution in [2.24, 2.45) is 0 Å². The molecule has 34 heavy (non-hydrogen) atoms. The maximum Gasteiger partial charge on any atom is 0.244 e. The van der Waals surface area contributed by atoms with Crippen molar-refractivity contribution >= 4 is 50.7 Å². The zero-order chi connectivity index (χ0) is 25.5. The molecule has 186 valence electrons. The Bertz CT molecular complexity index is 1110. The number of amides is 2. The highest BCUT2D eigenvalue weighted by Crippen LogP contribution is 2.25. The minimum atomic E-state index is -3.76. The van der Waals surface area contributed by atoms with Gasteiger partial charge in [0.15, 0.2) is 0 Å². The number of hydrogen-bond acceptors (Lipinski definition) is 4. The van der Waals surface area contributed by atoms with E-state index in [4.69, 9.17) is 23.2 Å². The predicted molar refractivity (Wildman–Crippen MR) is 138 cm³/mol. The van der Waals surface area contributed by atoms with Crippen LogP contribution in [0.2, 0.25) is 10.0 Å². The SMILES string of the molecule is CCCNC(=O)C(CC)N(Cc1ccc(Cl)c(Cl)c1)C(=O)CN(c1ccc(C)cc1)S(C)(=O)=O. The minimum absolute atomic E-state index is 0.0687. The quantitative estimate of drug-likeness (QED) is 0.469. The van der Waals surface area contributed by atoms with Gasteiger partial charge in [-0.15, -0.1) is 0 Å². The molecule has 0 spiro atoms. The summed E-state index contributed by atoms with van der Waals surface area (Å²) in [6, 6.07) is 11.0. The monoisotopic (exact) mass is 527 g/mol. The Balaban J connectivity index is 2.43. The Morgan fingerprint density at radius 1 is 1.03 bits per heavy atom. The fourth-order valence-electron chi connectivity index (χ4n) is 3.44. The second-order valence-electron chi connectivity index (χ2n) is 8.09. The van der Waals surface area contributed by atoms with Crippen LogP contribution in [-0.4, -0.2) is 50.5 Å². The van der Waals surface area contributed by atoms with Crippen LogP contribution in [0, 0.1) is 6.92 Å². The first kappa shape index (κ1) is 28.0. The molecule has 2 aromatic rings. The van der Waals surface area contributed by atoms with Gasteiger partial charge in [-0.25, -0.2) is 8.42 Å². The summed E-state index contributed by atoms with van der Waals surface area (Å²) in [6.45, 7) is 5.73. The lowest BCUT2D eigenvalue weighted by Gasteiger charge is -2.33. The van der Waals surface area contributed by atoms with Gasteiger partial charge in [0.2, 0.25) is 21.8 Å². The number of carbonyl (C=O) groups excluding carboxylic acids is 2. The van der Waals surface area contributed by atoms with Crippen molar-refractivity contribution < 1.29 is 18.0 Å². The van der Waals surface area contributed by atoms with E-state index in [1.807, 2.05) is 13.8 Å². The number of hydrogen-bond donors (Lipinski definition) is 1. The van der Waals surface area contributed by atoms with E-state index in [-0.39, 0.29) is 12.5 Å². The summed E-state index contributed by atoms with van der Waals surface area (Å²) in [5.41, 5.74) is 2.01. The van der Waals surface area contributed by atoms with Crippen molar-refractivity contribution in [2.45, 2.75) is 46.2 Å². The molecular formula is C24H31Cl2N3O4S. The molecule has 2 rings (SSSR count). The molecule has 0 bridgehead atoms. The average molecular weight is 529 g/mol. The Labute approximate surface area is 212 Å². The first-order valence-electron chi connectivity index (χ1n) is 11.0. The van der Waals surface area contributed by atoms with Gasteiger partial charge in [-0.05, 0) is 49.6 Å². The molecule has 0 aromatic heterocycles. The summed E-state index contributed by atoms with van der Waals surface area (Å²) in [5, 5.41) is 3.53. The molecule has 1 unspecified atom stereocenters. The van der Waals surface area contributed by atoms with Gasteiger partial charge < -0.3 is 10.2 Å². The van der Waals surface area contributed by atoms with E-state index in [0.717, 1.165) is 22.5 Å². The van der Waals surface area contributed by atoms with Crippen LogP contribution in [0.15, 0.2) is 42.5 Å². The van der Waals surface area contributed by atoms with Gasteiger partial charge in [-0.2, -0.15) is 0 Å². The maximum absolute atomic E-state index is 13.6. The van der Waals surface area contributed by atoms with Crippen LogP contribution in [0.3, 0.4) is 0 Å². The summed E-state index contributed by atoms with van der Waals surface area (Å²) >= 11 is 12.2. The van der Waals surface area contributed by atoms with Crippen molar-refractivity contribution in [1.82, 2.24) is 10.2 Å². The molecule has 0 fully saturated rings. The van der Waals surface area contributed by atoms with Crippen molar-refractivity contribution in [3.8, 4) is 0 Å². The Morgan fingerprint density at radius 2 is 1.68 bits per heavy atom. The van der Waals surface area contributed by atoms with Crippen molar-refractivity contribution in [2.75, 3.05) is 23.7 Å². The van der Waals surface area contributed by atoms with Crippen LogP contribution in [0.1, 0.15) is 37.8 Å². The van der Waals surface area contributed by atoms with E-state index in [0.29, 0.717) is 34.3 Å². The highest BCUT2D eigenvalue weighted by Gasteiger charge is 2.31. The third-order valence-corrected chi connectivity index (χ3v) is 7.15. The molecule has 0 aliphatic carbocycles. The molecule has 0 heterocycles. The maximum atomic E-state index is 13.6. The van der Waals surface area contributed by atoms with Gasteiger partial charge in [0.25, 0.3) is 0 Å². The number of benzene rings is 2. The second-order valence-corrected chi connectivity index (χ2v) is 10.8. The molecule has 1 atom stereocenters. The van der Waals surface area contributed by atoms with Gasteiger partial charge >= 0.3 is 0 Å². The molecular weight excluding hydrogens is 497 g/mol. The van der Waals surface area contributed by atoms with E-state index in [1.54, 1.807) is 49.4 Å². The van der Waals surface area contributed by atoms with Crippen LogP contribution >= 0.6 is 23.2 Å². The molecule has 0 aliphatic heterocycles. The smallest absolute Gasteiger partial charge is 0.244 e. The Kier molecular flexibility index (Phi) is 10.2. The topological polar surface area (TPSA) is 86.8 Å². The van der Waals surface area contributed by atoms with Crippen LogP contribution < -0.4 is 9.62 Å². The molecule has 0 radical (unpaired) electrons. The first-order chi connectivity index (χ1) is 16.0. The predicted octanol–water partition coefficient (Wildman–Crippen LogP) is 4.40. The second kappa shape index (κ2) is 12.4. The Morgan fingerprint density at radius 3 is 2.21 bits per heavy atom. The molecule has 0 saturated heterocycles. The van der Waals surface area contributed by atoms with Gasteiger partial charge in [0, 0.05) is 13.1 Å². The lowest BCUT2D eigenvalue weighted by Crippen LogP contribution is -2.52. The van der Waals surface area contributed by atoms with Crippen LogP contribution in [-0.2, 0) is 26.2 Å². The Hall–Kier alpha value is -2.29. The van der Waals surface area contributed by atoms with Crippen LogP contribution in [0.4, 0.5) is 5.69 Å². The third-order valence-electron chi connectivity index (χ3n) is 5.27. The third kappa shape index (κ3) is 7.61. The summed E-state index contributed by atoms with van der Waals surface area (Å²) in [6.07, 6.45) is 2.15. The van der Waals surface area contributed by atoms with E-state index in [9.17, 15) is 18.0 Å². The molecule has 2 amide bonds. The normalized spacial score (nSPS) is 12.2. The molecule has 0 aliphatic rings. The number of halogens is 2. The van der Waals surface area contributed by atoms with Gasteiger partial charge in [0.1, 0.15) is 12.6 Å². The van der Waals surface area contributed by atoms with E-state index >= 15 is 0 Å². The fraction of sp³-hybridized carbons (Fsp3) is 0.417. The highest BCUT2D eigenvalue weighted by molar-refractivity contribution is 7.92. The molecule has 2 aromatic carbocycles. The van der Waals surface area contributed by atoms with E-state index in [1.165, 1.54) is 4.90 Å². The van der Waals surface area contributed by atoms with Crippen molar-refractivity contribution in [3.63, 3.8) is 0 Å². The number of carbonyl (C=O) groups is 2. The van der Waals surface area contributed by atoms with Gasteiger partial charge in [-0.3, -0.25) is 13.9 Å². The molecule has 10 heteroatoms. The summed E-state index contributed by atoms with van der Waals surface area (Å²) < 4.78 is 26.2. The van der Waals surface area contributed by atoms with Crippen molar-refractivity contribution in [3.05, 3.63) is 63.6 Å². The first-order valence-corrected chi connectivity index (χ1v) is 13.6. The number of nitrogens with zero attached hydrogens (tertiary/aromatic N) is 2. The van der Waals surface area contributed by atoms with Crippen LogP contribution in [0.25, 0.3) is 0 Å².